The zero-order valence-electron chi connectivity index (χ0n) is 9.67. The molecule has 0 spiro atoms. The highest BCUT2D eigenvalue weighted by atomic mass is 16.5. The van der Waals surface area contributed by atoms with Crippen molar-refractivity contribution in [3.05, 3.63) is 11.6 Å². The zero-order valence-corrected chi connectivity index (χ0v) is 9.67. The van der Waals surface area contributed by atoms with Crippen LogP contribution in [-0.4, -0.2) is 25.2 Å². The summed E-state index contributed by atoms with van der Waals surface area (Å²) in [6, 6.07) is 1.04. The molecular weight excluding hydrogens is 190 g/mol. The lowest BCUT2D eigenvalue weighted by atomic mass is 9.79. The normalized spacial score (nSPS) is 29.9. The smallest absolute Gasteiger partial charge is 0.315 e. The number of hydrogen-bond acceptors (Lipinski definition) is 3. The number of esters is 1. The molecule has 2 bridgehead atoms. The highest BCUT2D eigenvalue weighted by Gasteiger charge is 2.38. The van der Waals surface area contributed by atoms with Gasteiger partial charge >= 0.3 is 5.97 Å². The van der Waals surface area contributed by atoms with Crippen LogP contribution in [0.1, 0.15) is 33.1 Å². The molecule has 0 amide bonds. The molecule has 0 saturated carbocycles. The minimum Gasteiger partial charge on any atom is -0.468 e. The lowest BCUT2D eigenvalue weighted by molar-refractivity contribution is -0.148. The van der Waals surface area contributed by atoms with Crippen LogP contribution < -0.4 is 5.32 Å². The summed E-state index contributed by atoms with van der Waals surface area (Å²) in [6.07, 6.45) is 5.63. The molecule has 15 heavy (non-hydrogen) atoms. The Bertz CT molecular complexity index is 307. The van der Waals surface area contributed by atoms with E-state index in [0.29, 0.717) is 12.1 Å². The molecule has 2 aliphatic heterocycles. The van der Waals surface area contributed by atoms with Crippen LogP contribution in [0.4, 0.5) is 0 Å². The molecule has 2 atom stereocenters. The van der Waals surface area contributed by atoms with E-state index < -0.39 is 5.41 Å². The van der Waals surface area contributed by atoms with E-state index in [9.17, 15) is 4.79 Å². The van der Waals surface area contributed by atoms with Gasteiger partial charge in [-0.05, 0) is 33.1 Å². The molecule has 0 aromatic rings. The molecule has 1 fully saturated rings. The van der Waals surface area contributed by atoms with Gasteiger partial charge in [0, 0.05) is 12.1 Å². The van der Waals surface area contributed by atoms with Crippen molar-refractivity contribution in [3.63, 3.8) is 0 Å². The van der Waals surface area contributed by atoms with E-state index in [1.165, 1.54) is 25.5 Å². The van der Waals surface area contributed by atoms with Gasteiger partial charge in [0.1, 0.15) is 0 Å². The van der Waals surface area contributed by atoms with Crippen molar-refractivity contribution >= 4 is 5.97 Å². The Balaban J connectivity index is 2.20. The van der Waals surface area contributed by atoms with Gasteiger partial charge in [-0.25, -0.2) is 0 Å². The van der Waals surface area contributed by atoms with Gasteiger partial charge in [-0.15, -0.1) is 0 Å². The van der Waals surface area contributed by atoms with Crippen LogP contribution in [0.5, 0.6) is 0 Å². The van der Waals surface area contributed by atoms with Crippen molar-refractivity contribution in [2.75, 3.05) is 7.11 Å². The molecule has 84 valence electrons. The lowest BCUT2D eigenvalue weighted by Gasteiger charge is -2.31. The standard InChI is InChI=1S/C12H19NO2/c1-12(2,11(14)15-3)8-6-9-4-5-10(7-8)13-9/h6,9-10,13H,4-5,7H2,1-3H3. The molecule has 2 unspecified atom stereocenters. The predicted molar refractivity (Wildman–Crippen MR) is 58.4 cm³/mol. The number of ether oxygens (including phenoxy) is 1. The van der Waals surface area contributed by atoms with E-state index in [0.717, 1.165) is 6.42 Å². The minimum atomic E-state index is -0.461. The molecule has 2 aliphatic rings. The van der Waals surface area contributed by atoms with Crippen LogP contribution in [-0.2, 0) is 9.53 Å². The van der Waals surface area contributed by atoms with Gasteiger partial charge in [0.2, 0.25) is 0 Å². The molecule has 0 aliphatic carbocycles. The van der Waals surface area contributed by atoms with Crippen molar-refractivity contribution in [2.24, 2.45) is 5.41 Å². The van der Waals surface area contributed by atoms with Crippen LogP contribution in [0.2, 0.25) is 0 Å². The first kappa shape index (κ1) is 10.7. The molecule has 1 saturated heterocycles. The van der Waals surface area contributed by atoms with Crippen LogP contribution in [0.3, 0.4) is 0 Å². The fourth-order valence-electron chi connectivity index (χ4n) is 2.57. The number of methoxy groups -OCH3 is 1. The third-order valence-corrected chi connectivity index (χ3v) is 3.64. The third kappa shape index (κ3) is 1.81. The number of nitrogens with one attached hydrogen (secondary N) is 1. The zero-order chi connectivity index (χ0) is 11.1. The SMILES string of the molecule is COC(=O)C(C)(C)C1=CC2CCC(C1)N2. The van der Waals surface area contributed by atoms with Gasteiger partial charge in [0.15, 0.2) is 0 Å². The quantitative estimate of drug-likeness (QED) is 0.555. The average Bonchev–Trinajstić information content (AvgIpc) is 2.56. The fourth-order valence-corrected chi connectivity index (χ4v) is 2.57. The Labute approximate surface area is 90.9 Å². The van der Waals surface area contributed by atoms with Crippen molar-refractivity contribution in [1.29, 1.82) is 0 Å². The summed E-state index contributed by atoms with van der Waals surface area (Å²) in [6.45, 7) is 3.91. The largest absolute Gasteiger partial charge is 0.468 e. The summed E-state index contributed by atoms with van der Waals surface area (Å²) in [5.74, 6) is -0.130. The molecule has 3 nitrogen and oxygen atoms in total. The van der Waals surface area contributed by atoms with Crippen LogP contribution in [0, 0.1) is 5.41 Å². The Hall–Kier alpha value is -0.830. The van der Waals surface area contributed by atoms with Crippen LogP contribution in [0.15, 0.2) is 11.6 Å². The molecule has 0 radical (unpaired) electrons. The third-order valence-electron chi connectivity index (χ3n) is 3.64. The van der Waals surface area contributed by atoms with Crippen LogP contribution >= 0.6 is 0 Å². The van der Waals surface area contributed by atoms with E-state index >= 15 is 0 Å². The number of fused-ring (bicyclic) bond motifs is 2. The summed E-state index contributed by atoms with van der Waals surface area (Å²) in [4.78, 5) is 11.7. The molecule has 2 heterocycles. The van der Waals surface area contributed by atoms with Gasteiger partial charge in [-0.3, -0.25) is 4.79 Å². The number of hydrogen-bond donors (Lipinski definition) is 1. The second-order valence-corrected chi connectivity index (χ2v) is 5.06. The first-order chi connectivity index (χ1) is 7.04. The first-order valence-electron chi connectivity index (χ1n) is 5.59. The summed E-state index contributed by atoms with van der Waals surface area (Å²) < 4.78 is 4.86. The molecule has 0 aromatic heterocycles. The maximum Gasteiger partial charge on any atom is 0.315 e. The molecule has 2 rings (SSSR count). The van der Waals surface area contributed by atoms with E-state index in [4.69, 9.17) is 4.74 Å². The van der Waals surface area contributed by atoms with Gasteiger partial charge in [-0.1, -0.05) is 11.6 Å². The lowest BCUT2D eigenvalue weighted by Crippen LogP contribution is -2.38. The highest BCUT2D eigenvalue weighted by molar-refractivity contribution is 5.79. The Morgan fingerprint density at radius 3 is 2.87 bits per heavy atom. The van der Waals surface area contributed by atoms with Crippen molar-refractivity contribution in [1.82, 2.24) is 5.32 Å². The average molecular weight is 209 g/mol. The minimum absolute atomic E-state index is 0.130. The molecule has 3 heteroatoms. The van der Waals surface area contributed by atoms with Gasteiger partial charge in [0.25, 0.3) is 0 Å². The maximum absolute atomic E-state index is 11.7. The number of carbonyl (C=O) groups excluding carboxylic acids is 1. The molecule has 0 aromatic carbocycles. The molecular formula is C12H19NO2. The maximum atomic E-state index is 11.7. The predicted octanol–water partition coefficient (Wildman–Crippen LogP) is 1.64. The second kappa shape index (κ2) is 3.63. The second-order valence-electron chi connectivity index (χ2n) is 5.06. The van der Waals surface area contributed by atoms with E-state index in [1.54, 1.807) is 0 Å². The van der Waals surface area contributed by atoms with E-state index in [1.807, 2.05) is 13.8 Å². The number of carbonyl (C=O) groups is 1. The Morgan fingerprint density at radius 2 is 2.27 bits per heavy atom. The summed E-state index contributed by atoms with van der Waals surface area (Å²) >= 11 is 0. The summed E-state index contributed by atoms with van der Waals surface area (Å²) in [5.41, 5.74) is 0.776. The van der Waals surface area contributed by atoms with Gasteiger partial charge < -0.3 is 10.1 Å². The highest BCUT2D eigenvalue weighted by Crippen LogP contribution is 2.37. The summed E-state index contributed by atoms with van der Waals surface area (Å²) in [7, 11) is 1.46. The van der Waals surface area contributed by atoms with Crippen molar-refractivity contribution in [3.8, 4) is 0 Å². The summed E-state index contributed by atoms with van der Waals surface area (Å²) in [5, 5.41) is 3.52. The van der Waals surface area contributed by atoms with Gasteiger partial charge in [0.05, 0.1) is 12.5 Å². The van der Waals surface area contributed by atoms with Crippen molar-refractivity contribution in [2.45, 2.75) is 45.2 Å². The van der Waals surface area contributed by atoms with Crippen LogP contribution in [0.25, 0.3) is 0 Å². The topological polar surface area (TPSA) is 38.3 Å². The Kier molecular flexibility index (Phi) is 2.59. The molecule has 1 N–H and O–H groups in total. The Morgan fingerprint density at radius 1 is 1.53 bits per heavy atom. The van der Waals surface area contributed by atoms with Gasteiger partial charge in [-0.2, -0.15) is 0 Å². The van der Waals surface area contributed by atoms with E-state index in [-0.39, 0.29) is 5.97 Å². The monoisotopic (exact) mass is 209 g/mol. The fraction of sp³-hybridized carbons (Fsp3) is 0.750. The van der Waals surface area contributed by atoms with E-state index in [2.05, 4.69) is 11.4 Å². The first-order valence-corrected chi connectivity index (χ1v) is 5.59. The van der Waals surface area contributed by atoms with Crippen molar-refractivity contribution < 1.29 is 9.53 Å². The number of rotatable bonds is 2.